The van der Waals surface area contributed by atoms with Gasteiger partial charge < -0.3 is 26.8 Å². The molecule has 8 heteroatoms. The third-order valence-electron chi connectivity index (χ3n) is 3.70. The fourth-order valence-electron chi connectivity index (χ4n) is 2.28. The van der Waals surface area contributed by atoms with E-state index >= 15 is 0 Å². The van der Waals surface area contributed by atoms with Gasteiger partial charge in [0.05, 0.1) is 5.41 Å². The van der Waals surface area contributed by atoms with Crippen molar-refractivity contribution in [1.82, 2.24) is 0 Å². The summed E-state index contributed by atoms with van der Waals surface area (Å²) in [6.45, 7) is 0. The van der Waals surface area contributed by atoms with Crippen LogP contribution in [0.5, 0.6) is 0 Å². The molecule has 0 heterocycles. The molecule has 0 radical (unpaired) electrons. The minimum atomic E-state index is -1.24. The lowest BCUT2D eigenvalue weighted by Crippen LogP contribution is -2.41. The number of aliphatic hydroxyl groups is 1. The predicted molar refractivity (Wildman–Crippen MR) is 77.0 cm³/mol. The topological polar surface area (TPSA) is 164 Å². The van der Waals surface area contributed by atoms with Crippen LogP contribution in [0, 0.1) is 5.41 Å². The van der Waals surface area contributed by atoms with Gasteiger partial charge in [-0.3, -0.25) is 14.4 Å². The molecule has 0 aliphatic heterocycles. The second-order valence-corrected chi connectivity index (χ2v) is 5.38. The summed E-state index contributed by atoms with van der Waals surface area (Å²) in [7, 11) is 0. The third-order valence-corrected chi connectivity index (χ3v) is 3.70. The van der Waals surface area contributed by atoms with Crippen molar-refractivity contribution < 1.29 is 29.7 Å². The summed E-state index contributed by atoms with van der Waals surface area (Å²) >= 11 is 0. The summed E-state index contributed by atoms with van der Waals surface area (Å²) < 4.78 is 0. The average Bonchev–Trinajstić information content (AvgIpc) is 2.46. The van der Waals surface area contributed by atoms with Gasteiger partial charge in [0.1, 0.15) is 23.6 Å². The van der Waals surface area contributed by atoms with E-state index in [0.717, 1.165) is 0 Å². The summed E-state index contributed by atoms with van der Waals surface area (Å²) in [6.07, 6.45) is 3.96. The Balaban J connectivity index is 2.87. The van der Waals surface area contributed by atoms with Crippen LogP contribution in [0.15, 0.2) is 24.0 Å². The summed E-state index contributed by atoms with van der Waals surface area (Å²) in [5.41, 5.74) is 9.73. The van der Waals surface area contributed by atoms with Gasteiger partial charge in [0, 0.05) is 6.42 Å². The van der Waals surface area contributed by atoms with Crippen LogP contribution in [-0.4, -0.2) is 45.1 Å². The maximum absolute atomic E-state index is 12.5. The molecular formula is C14H20N2O6. The first-order valence-corrected chi connectivity index (χ1v) is 6.76. The zero-order chi connectivity index (χ0) is 16.9. The van der Waals surface area contributed by atoms with Crippen molar-refractivity contribution in [2.24, 2.45) is 16.9 Å². The average molecular weight is 312 g/mol. The van der Waals surface area contributed by atoms with Gasteiger partial charge in [0.2, 0.25) is 0 Å². The van der Waals surface area contributed by atoms with Gasteiger partial charge in [-0.1, -0.05) is 6.08 Å². The summed E-state index contributed by atoms with van der Waals surface area (Å²) in [4.78, 5) is 34.1. The van der Waals surface area contributed by atoms with Crippen molar-refractivity contribution in [1.29, 1.82) is 0 Å². The number of aliphatic hydroxyl groups excluding tert-OH is 1. The third kappa shape index (κ3) is 4.40. The van der Waals surface area contributed by atoms with E-state index in [2.05, 4.69) is 0 Å². The van der Waals surface area contributed by atoms with Gasteiger partial charge >= 0.3 is 11.9 Å². The molecular weight excluding hydrogens is 292 g/mol. The van der Waals surface area contributed by atoms with Gasteiger partial charge in [-0.2, -0.15) is 0 Å². The second-order valence-electron chi connectivity index (χ2n) is 5.38. The van der Waals surface area contributed by atoms with Gasteiger partial charge in [-0.05, 0) is 31.4 Å². The van der Waals surface area contributed by atoms with Crippen LogP contribution >= 0.6 is 0 Å². The number of hydrogen-bond donors (Lipinski definition) is 5. The smallest absolute Gasteiger partial charge is 0.320 e. The van der Waals surface area contributed by atoms with Crippen LogP contribution in [0.3, 0.4) is 0 Å². The van der Waals surface area contributed by atoms with E-state index in [9.17, 15) is 19.5 Å². The van der Waals surface area contributed by atoms with Crippen molar-refractivity contribution >= 4 is 17.7 Å². The molecule has 8 nitrogen and oxygen atoms in total. The molecule has 0 aromatic carbocycles. The molecule has 0 amide bonds. The van der Waals surface area contributed by atoms with Crippen LogP contribution in [-0.2, 0) is 14.4 Å². The Labute approximate surface area is 127 Å². The Morgan fingerprint density at radius 3 is 2.23 bits per heavy atom. The molecule has 1 aliphatic carbocycles. The number of carbonyl (C=O) groups is 3. The zero-order valence-electron chi connectivity index (χ0n) is 11.9. The minimum absolute atomic E-state index is 0.0189. The Kier molecular flexibility index (Phi) is 5.84. The molecule has 1 aliphatic rings. The van der Waals surface area contributed by atoms with E-state index in [4.69, 9.17) is 21.7 Å². The molecule has 0 aromatic heterocycles. The first kappa shape index (κ1) is 17.9. The van der Waals surface area contributed by atoms with Crippen molar-refractivity contribution in [2.45, 2.75) is 37.8 Å². The summed E-state index contributed by atoms with van der Waals surface area (Å²) in [5.74, 6) is -2.81. The Morgan fingerprint density at radius 2 is 1.77 bits per heavy atom. The van der Waals surface area contributed by atoms with E-state index in [1.807, 2.05) is 0 Å². The Morgan fingerprint density at radius 1 is 1.18 bits per heavy atom. The Bertz CT molecular complexity index is 527. The highest BCUT2D eigenvalue weighted by Gasteiger charge is 2.39. The zero-order valence-corrected chi connectivity index (χ0v) is 11.9. The minimum Gasteiger partial charge on any atom is -0.508 e. The highest BCUT2D eigenvalue weighted by atomic mass is 16.4. The lowest BCUT2D eigenvalue weighted by atomic mass is 9.71. The Hall–Kier alpha value is -2.19. The first-order chi connectivity index (χ1) is 10.2. The molecule has 22 heavy (non-hydrogen) atoms. The summed E-state index contributed by atoms with van der Waals surface area (Å²) in [6, 6.07) is -2.40. The lowest BCUT2D eigenvalue weighted by molar-refractivity contribution is -0.140. The quantitative estimate of drug-likeness (QED) is 0.416. The largest absolute Gasteiger partial charge is 0.508 e. The predicted octanol–water partition coefficient (Wildman–Crippen LogP) is -0.0622. The number of carbonyl (C=O) groups excluding carboxylic acids is 1. The first-order valence-electron chi connectivity index (χ1n) is 6.76. The van der Waals surface area contributed by atoms with Crippen molar-refractivity contribution in [3.8, 4) is 0 Å². The van der Waals surface area contributed by atoms with Crippen LogP contribution in [0.1, 0.15) is 25.7 Å². The standard InChI is InChI=1S/C14H20N2O6/c15-9(12(19)20)1-2-11(18)14(7-10(16)13(21)22)5-3-8(17)4-6-14/h3-5,9-10,17H,1-2,6-7,15-16H2,(H,19,20)(H,21,22)/t9-,10-,14?/m0/s1. The van der Waals surface area contributed by atoms with Crippen molar-refractivity contribution in [2.75, 3.05) is 0 Å². The number of nitrogens with two attached hydrogens (primary N) is 2. The van der Waals surface area contributed by atoms with Crippen LogP contribution < -0.4 is 11.5 Å². The fraction of sp³-hybridized carbons (Fsp3) is 0.500. The van der Waals surface area contributed by atoms with Gasteiger partial charge in [-0.15, -0.1) is 0 Å². The number of Topliss-reactive ketones (excluding diaryl/α,β-unsaturated/α-hetero) is 1. The van der Waals surface area contributed by atoms with Crippen LogP contribution in [0.4, 0.5) is 0 Å². The summed E-state index contributed by atoms with van der Waals surface area (Å²) in [5, 5.41) is 27.0. The lowest BCUT2D eigenvalue weighted by Gasteiger charge is -2.32. The van der Waals surface area contributed by atoms with E-state index in [0.29, 0.717) is 0 Å². The van der Waals surface area contributed by atoms with Crippen molar-refractivity contribution in [3.63, 3.8) is 0 Å². The number of ketones is 1. The molecule has 0 aromatic rings. The SMILES string of the molecule is N[C@@H](CCC(=O)C1(C[C@H](N)C(=O)O)C=CC(O)=CC1)C(=O)O. The molecule has 0 saturated carbocycles. The number of hydrogen-bond acceptors (Lipinski definition) is 6. The van der Waals surface area contributed by atoms with E-state index in [1.54, 1.807) is 0 Å². The molecule has 1 rings (SSSR count). The van der Waals surface area contributed by atoms with E-state index in [1.165, 1.54) is 18.2 Å². The van der Waals surface area contributed by atoms with Crippen molar-refractivity contribution in [3.05, 3.63) is 24.0 Å². The number of carboxylic acid groups (broad SMARTS) is 2. The van der Waals surface area contributed by atoms with Crippen LogP contribution in [0.25, 0.3) is 0 Å². The van der Waals surface area contributed by atoms with E-state index < -0.39 is 29.4 Å². The van der Waals surface area contributed by atoms with Crippen LogP contribution in [0.2, 0.25) is 0 Å². The molecule has 3 atom stereocenters. The number of carboxylic acids is 2. The monoisotopic (exact) mass is 312 g/mol. The maximum Gasteiger partial charge on any atom is 0.320 e. The van der Waals surface area contributed by atoms with Gasteiger partial charge in [0.25, 0.3) is 0 Å². The maximum atomic E-state index is 12.5. The fourth-order valence-corrected chi connectivity index (χ4v) is 2.28. The molecule has 122 valence electrons. The molecule has 0 bridgehead atoms. The highest BCUT2D eigenvalue weighted by molar-refractivity contribution is 5.89. The molecule has 7 N–H and O–H groups in total. The number of rotatable bonds is 8. The molecule has 0 spiro atoms. The highest BCUT2D eigenvalue weighted by Crippen LogP contribution is 2.36. The van der Waals surface area contributed by atoms with Gasteiger partial charge in [-0.25, -0.2) is 0 Å². The number of allylic oxidation sites excluding steroid dienone is 3. The number of aliphatic carboxylic acids is 2. The molecule has 0 saturated heterocycles. The molecule has 0 fully saturated rings. The molecule has 1 unspecified atom stereocenters. The van der Waals surface area contributed by atoms with Gasteiger partial charge in [0.15, 0.2) is 0 Å². The second kappa shape index (κ2) is 7.19. The normalized spacial score (nSPS) is 23.5. The van der Waals surface area contributed by atoms with E-state index in [-0.39, 0.29) is 37.2 Å².